The van der Waals surface area contributed by atoms with Gasteiger partial charge in [0.25, 0.3) is 10.0 Å². The predicted molar refractivity (Wildman–Crippen MR) is 107 cm³/mol. The summed E-state index contributed by atoms with van der Waals surface area (Å²) in [6.07, 6.45) is 5.02. The quantitative estimate of drug-likeness (QED) is 0.675. The first-order chi connectivity index (χ1) is 13.0. The van der Waals surface area contributed by atoms with Crippen LogP contribution in [0.15, 0.2) is 59.6 Å². The van der Waals surface area contributed by atoms with E-state index in [1.54, 1.807) is 37.6 Å². The van der Waals surface area contributed by atoms with E-state index in [0.29, 0.717) is 11.8 Å². The van der Waals surface area contributed by atoms with Crippen molar-refractivity contribution in [1.29, 1.82) is 0 Å². The van der Waals surface area contributed by atoms with Crippen molar-refractivity contribution in [2.75, 3.05) is 20.7 Å². The first kappa shape index (κ1) is 18.1. The molecule has 1 atom stereocenters. The lowest BCUT2D eigenvalue weighted by Crippen LogP contribution is -2.26. The zero-order valence-corrected chi connectivity index (χ0v) is 16.4. The SMILES string of the molecule is COc1ccc(S(=O)(=O)n2cc(C[C@H]3CCCN3C)c3ccccc32)cc1. The van der Waals surface area contributed by atoms with Gasteiger partial charge in [-0.2, -0.15) is 0 Å². The van der Waals surface area contributed by atoms with Crippen molar-refractivity contribution in [1.82, 2.24) is 8.87 Å². The summed E-state index contributed by atoms with van der Waals surface area (Å²) in [5.74, 6) is 0.635. The molecule has 2 heterocycles. The molecule has 3 aromatic rings. The topological polar surface area (TPSA) is 51.5 Å². The molecular formula is C21H24N2O3S. The van der Waals surface area contributed by atoms with Gasteiger partial charge in [0.1, 0.15) is 5.75 Å². The minimum atomic E-state index is -3.67. The van der Waals surface area contributed by atoms with Gasteiger partial charge in [0.05, 0.1) is 17.5 Å². The fraction of sp³-hybridized carbons (Fsp3) is 0.333. The fourth-order valence-electron chi connectivity index (χ4n) is 3.93. The van der Waals surface area contributed by atoms with E-state index >= 15 is 0 Å². The Kier molecular flexibility index (Phi) is 4.70. The van der Waals surface area contributed by atoms with Crippen LogP contribution in [0, 0.1) is 0 Å². The Hall–Kier alpha value is -2.31. The third kappa shape index (κ3) is 3.24. The van der Waals surface area contributed by atoms with Crippen LogP contribution in [0.1, 0.15) is 18.4 Å². The van der Waals surface area contributed by atoms with Gasteiger partial charge in [-0.15, -0.1) is 0 Å². The Bertz CT molecular complexity index is 1050. The monoisotopic (exact) mass is 384 g/mol. The number of hydrogen-bond donors (Lipinski definition) is 0. The van der Waals surface area contributed by atoms with Crippen molar-refractivity contribution in [3.05, 3.63) is 60.3 Å². The molecule has 1 aliphatic rings. The average Bonchev–Trinajstić information content (AvgIpc) is 3.26. The molecule has 0 unspecified atom stereocenters. The largest absolute Gasteiger partial charge is 0.497 e. The fourth-order valence-corrected chi connectivity index (χ4v) is 5.32. The normalized spacial score (nSPS) is 18.2. The van der Waals surface area contributed by atoms with E-state index < -0.39 is 10.0 Å². The van der Waals surface area contributed by atoms with Crippen LogP contribution in [0.25, 0.3) is 10.9 Å². The second-order valence-electron chi connectivity index (χ2n) is 7.13. The zero-order valence-electron chi connectivity index (χ0n) is 15.6. The number of likely N-dealkylation sites (tertiary alicyclic amines) is 1. The molecule has 0 aliphatic carbocycles. The molecule has 0 N–H and O–H groups in total. The van der Waals surface area contributed by atoms with Gasteiger partial charge in [-0.3, -0.25) is 0 Å². The highest BCUT2D eigenvalue weighted by Gasteiger charge is 2.25. The maximum atomic E-state index is 13.3. The van der Waals surface area contributed by atoms with Crippen LogP contribution >= 0.6 is 0 Å². The summed E-state index contributed by atoms with van der Waals surface area (Å²) in [5, 5.41) is 1.01. The summed E-state index contributed by atoms with van der Waals surface area (Å²) in [4.78, 5) is 2.62. The van der Waals surface area contributed by atoms with Gasteiger partial charge in [-0.1, -0.05) is 18.2 Å². The van der Waals surface area contributed by atoms with Gasteiger partial charge < -0.3 is 9.64 Å². The van der Waals surface area contributed by atoms with Gasteiger partial charge in [-0.05, 0) is 68.8 Å². The molecule has 1 aliphatic heterocycles. The molecule has 1 aromatic heterocycles. The highest BCUT2D eigenvalue weighted by atomic mass is 32.2. The van der Waals surface area contributed by atoms with E-state index in [2.05, 4.69) is 11.9 Å². The second-order valence-corrected chi connectivity index (χ2v) is 8.94. The van der Waals surface area contributed by atoms with Crippen molar-refractivity contribution in [3.63, 3.8) is 0 Å². The summed E-state index contributed by atoms with van der Waals surface area (Å²) in [6, 6.07) is 14.7. The standard InChI is InChI=1S/C21H24N2O3S/c1-22-13-5-6-17(22)14-16-15-23(21-8-4-3-7-20(16)21)27(24,25)19-11-9-18(26-2)10-12-19/h3-4,7-12,15,17H,5-6,13-14H2,1-2H3/t17-/m1/s1. The van der Waals surface area contributed by atoms with Crippen LogP contribution in [-0.4, -0.2) is 44.0 Å². The Morgan fingerprint density at radius 3 is 2.52 bits per heavy atom. The number of nitrogens with zero attached hydrogens (tertiary/aromatic N) is 2. The molecule has 142 valence electrons. The number of para-hydroxylation sites is 1. The molecule has 0 amide bonds. The van der Waals surface area contributed by atoms with Crippen LogP contribution in [0.5, 0.6) is 5.75 Å². The zero-order chi connectivity index (χ0) is 19.0. The van der Waals surface area contributed by atoms with Gasteiger partial charge in [0.15, 0.2) is 0 Å². The van der Waals surface area contributed by atoms with Gasteiger partial charge in [0, 0.05) is 17.6 Å². The van der Waals surface area contributed by atoms with Crippen LogP contribution in [-0.2, 0) is 16.4 Å². The molecule has 2 aromatic carbocycles. The number of methoxy groups -OCH3 is 1. The molecule has 0 spiro atoms. The van der Waals surface area contributed by atoms with Crippen LogP contribution in [0.3, 0.4) is 0 Å². The number of fused-ring (bicyclic) bond motifs is 1. The molecule has 1 fully saturated rings. The average molecular weight is 385 g/mol. The third-order valence-corrected chi connectivity index (χ3v) is 7.19. The van der Waals surface area contributed by atoms with E-state index in [0.717, 1.165) is 35.9 Å². The summed E-state index contributed by atoms with van der Waals surface area (Å²) in [5.41, 5.74) is 1.81. The molecule has 0 radical (unpaired) electrons. The minimum absolute atomic E-state index is 0.258. The Morgan fingerprint density at radius 2 is 1.85 bits per heavy atom. The third-order valence-electron chi connectivity index (χ3n) is 5.50. The highest BCUT2D eigenvalue weighted by Crippen LogP contribution is 2.29. The molecule has 0 saturated carbocycles. The van der Waals surface area contributed by atoms with E-state index in [1.165, 1.54) is 10.4 Å². The maximum absolute atomic E-state index is 13.3. The Morgan fingerprint density at radius 1 is 1.11 bits per heavy atom. The van der Waals surface area contributed by atoms with Crippen molar-refractivity contribution in [2.45, 2.75) is 30.2 Å². The summed E-state index contributed by atoms with van der Waals surface area (Å²) >= 11 is 0. The summed E-state index contributed by atoms with van der Waals surface area (Å²) in [6.45, 7) is 1.10. The molecule has 6 heteroatoms. The summed E-state index contributed by atoms with van der Waals surface area (Å²) < 4.78 is 33.1. The second kappa shape index (κ2) is 7.02. The lowest BCUT2D eigenvalue weighted by molar-refractivity contribution is 0.310. The molecule has 0 bridgehead atoms. The van der Waals surface area contributed by atoms with Crippen LogP contribution in [0.2, 0.25) is 0 Å². The smallest absolute Gasteiger partial charge is 0.268 e. The van der Waals surface area contributed by atoms with E-state index in [9.17, 15) is 8.42 Å². The van der Waals surface area contributed by atoms with Crippen molar-refractivity contribution in [2.24, 2.45) is 0 Å². The van der Waals surface area contributed by atoms with Gasteiger partial charge in [-0.25, -0.2) is 12.4 Å². The molecule has 5 nitrogen and oxygen atoms in total. The highest BCUT2D eigenvalue weighted by molar-refractivity contribution is 7.90. The molecule has 27 heavy (non-hydrogen) atoms. The summed E-state index contributed by atoms with van der Waals surface area (Å²) in [7, 11) is 0.0392. The van der Waals surface area contributed by atoms with E-state index in [1.807, 2.05) is 24.3 Å². The van der Waals surface area contributed by atoms with Crippen molar-refractivity contribution in [3.8, 4) is 5.75 Å². The Balaban J connectivity index is 1.79. The molecule has 4 rings (SSSR count). The lowest BCUT2D eigenvalue weighted by Gasteiger charge is -2.18. The van der Waals surface area contributed by atoms with Crippen LogP contribution < -0.4 is 4.74 Å². The van der Waals surface area contributed by atoms with E-state index in [4.69, 9.17) is 4.74 Å². The number of ether oxygens (including phenoxy) is 1. The minimum Gasteiger partial charge on any atom is -0.497 e. The Labute approximate surface area is 160 Å². The van der Waals surface area contributed by atoms with Crippen LogP contribution in [0.4, 0.5) is 0 Å². The number of benzene rings is 2. The maximum Gasteiger partial charge on any atom is 0.268 e. The van der Waals surface area contributed by atoms with Gasteiger partial charge in [0.2, 0.25) is 0 Å². The number of likely N-dealkylation sites (N-methyl/N-ethyl adjacent to an activating group) is 1. The number of aromatic nitrogens is 1. The first-order valence-electron chi connectivity index (χ1n) is 9.19. The van der Waals surface area contributed by atoms with Crippen molar-refractivity contribution < 1.29 is 13.2 Å². The first-order valence-corrected chi connectivity index (χ1v) is 10.6. The predicted octanol–water partition coefficient (Wildman–Crippen LogP) is 3.52. The van der Waals surface area contributed by atoms with Gasteiger partial charge >= 0.3 is 0 Å². The van der Waals surface area contributed by atoms with E-state index in [-0.39, 0.29) is 4.90 Å². The number of hydrogen-bond acceptors (Lipinski definition) is 4. The van der Waals surface area contributed by atoms with Crippen molar-refractivity contribution >= 4 is 20.9 Å². The molecule has 1 saturated heterocycles. The number of rotatable bonds is 5. The lowest BCUT2D eigenvalue weighted by atomic mass is 10.0. The molecular weight excluding hydrogens is 360 g/mol.